The number of hydrogen-bond donors (Lipinski definition) is 1. The van der Waals surface area contributed by atoms with Gasteiger partial charge in [-0.2, -0.15) is 0 Å². The summed E-state index contributed by atoms with van der Waals surface area (Å²) >= 11 is 1.74. The summed E-state index contributed by atoms with van der Waals surface area (Å²) < 4.78 is 0. The Balaban J connectivity index is 3.04. The van der Waals surface area contributed by atoms with Crippen molar-refractivity contribution < 1.29 is 0 Å². The predicted molar refractivity (Wildman–Crippen MR) is 64.3 cm³/mol. The second-order valence-electron chi connectivity index (χ2n) is 2.98. The van der Waals surface area contributed by atoms with Gasteiger partial charge in [-0.1, -0.05) is 12.2 Å². The van der Waals surface area contributed by atoms with Gasteiger partial charge in [-0.3, -0.25) is 5.01 Å². The first kappa shape index (κ1) is 11.1. The number of nitrogens with two attached hydrogens (primary N) is 1. The summed E-state index contributed by atoms with van der Waals surface area (Å²) in [6, 6.07) is 0. The number of nitrogens with zero attached hydrogens (tertiary/aromatic N) is 1. The van der Waals surface area contributed by atoms with Crippen molar-refractivity contribution in [1.82, 2.24) is 5.01 Å². The molecule has 3 heteroatoms. The molecule has 0 bridgehead atoms. The van der Waals surface area contributed by atoms with Gasteiger partial charge in [-0.15, -0.1) is 11.8 Å². The van der Waals surface area contributed by atoms with Crippen LogP contribution in [0.2, 0.25) is 0 Å². The number of hydrogen-bond acceptors (Lipinski definition) is 3. The lowest BCUT2D eigenvalue weighted by Crippen LogP contribution is -2.25. The molecule has 0 aromatic rings. The van der Waals surface area contributed by atoms with Gasteiger partial charge in [-0.25, -0.2) is 5.84 Å². The molecule has 0 saturated heterocycles. The van der Waals surface area contributed by atoms with Crippen molar-refractivity contribution in [3.05, 3.63) is 46.7 Å². The lowest BCUT2D eigenvalue weighted by Gasteiger charge is -2.21. The Bertz CT molecular complexity index is 324. The van der Waals surface area contributed by atoms with Crippen LogP contribution in [0.5, 0.6) is 0 Å². The van der Waals surface area contributed by atoms with Crippen LogP contribution >= 0.6 is 11.8 Å². The number of hydrazine groups is 1. The smallest absolute Gasteiger partial charge is 0.0608 e. The number of thioether (sulfide) groups is 1. The molecule has 2 nitrogen and oxygen atoms in total. The third-order valence-electron chi connectivity index (χ3n) is 2.13. The maximum absolute atomic E-state index is 5.83. The molecule has 0 aliphatic carbocycles. The second kappa shape index (κ2) is 5.08. The molecule has 2 N–H and O–H groups in total. The van der Waals surface area contributed by atoms with E-state index in [1.165, 1.54) is 10.5 Å². The fraction of sp³-hybridized carbons (Fsp3) is 0.273. The van der Waals surface area contributed by atoms with E-state index in [4.69, 9.17) is 5.84 Å². The van der Waals surface area contributed by atoms with Crippen LogP contribution in [0.1, 0.15) is 13.8 Å². The summed E-state index contributed by atoms with van der Waals surface area (Å²) in [4.78, 5) is 1.26. The third-order valence-corrected chi connectivity index (χ3v) is 3.11. The van der Waals surface area contributed by atoms with E-state index in [1.807, 2.05) is 31.4 Å². The van der Waals surface area contributed by atoms with Gasteiger partial charge in [-0.05, 0) is 37.8 Å². The molecule has 1 heterocycles. The van der Waals surface area contributed by atoms with Gasteiger partial charge in [0.15, 0.2) is 0 Å². The Morgan fingerprint density at radius 1 is 1.50 bits per heavy atom. The highest BCUT2D eigenvalue weighted by Crippen LogP contribution is 2.26. The van der Waals surface area contributed by atoms with Crippen molar-refractivity contribution in [3.63, 3.8) is 0 Å². The summed E-state index contributed by atoms with van der Waals surface area (Å²) in [5.41, 5.74) is 2.26. The first-order valence-electron chi connectivity index (χ1n) is 4.51. The number of rotatable bonds is 2. The summed E-state index contributed by atoms with van der Waals surface area (Å²) in [5.74, 6) is 5.83. The van der Waals surface area contributed by atoms with Crippen LogP contribution in [0, 0.1) is 0 Å². The number of allylic oxidation sites excluding steroid dienone is 5. The van der Waals surface area contributed by atoms with Crippen molar-refractivity contribution >= 4 is 11.8 Å². The van der Waals surface area contributed by atoms with Crippen molar-refractivity contribution in [3.8, 4) is 0 Å². The molecular formula is C11H16N2S. The highest BCUT2D eigenvalue weighted by atomic mass is 32.2. The first-order valence-corrected chi connectivity index (χ1v) is 5.73. The predicted octanol–water partition coefficient (Wildman–Crippen LogP) is 2.79. The molecule has 0 atom stereocenters. The lowest BCUT2D eigenvalue weighted by molar-refractivity contribution is 0.500. The molecule has 1 rings (SSSR count). The fourth-order valence-electron chi connectivity index (χ4n) is 1.39. The minimum Gasteiger partial charge on any atom is -0.287 e. The summed E-state index contributed by atoms with van der Waals surface area (Å²) in [7, 11) is 0. The molecule has 0 aromatic carbocycles. The standard InChI is InChI=1S/C11H16N2S/c1-4-11(14-3)9(2)10-7-5-6-8-13(10)12/h4-8H,12H2,1-3H3/b10-9-,11-4+. The van der Waals surface area contributed by atoms with E-state index in [0.29, 0.717) is 0 Å². The van der Waals surface area contributed by atoms with E-state index in [2.05, 4.69) is 19.3 Å². The normalized spacial score (nSPS) is 20.3. The Morgan fingerprint density at radius 3 is 2.71 bits per heavy atom. The molecule has 76 valence electrons. The summed E-state index contributed by atoms with van der Waals surface area (Å²) in [6.07, 6.45) is 12.0. The highest BCUT2D eigenvalue weighted by Gasteiger charge is 2.08. The first-order chi connectivity index (χ1) is 6.70. The third kappa shape index (κ3) is 2.30. The molecule has 0 spiro atoms. The Kier molecular flexibility index (Phi) is 4.04. The minimum absolute atomic E-state index is 1.05. The van der Waals surface area contributed by atoms with E-state index in [-0.39, 0.29) is 0 Å². The van der Waals surface area contributed by atoms with Crippen LogP contribution in [-0.2, 0) is 0 Å². The zero-order valence-electron chi connectivity index (χ0n) is 8.82. The van der Waals surface area contributed by atoms with Gasteiger partial charge in [0.25, 0.3) is 0 Å². The van der Waals surface area contributed by atoms with Crippen LogP contribution in [0.25, 0.3) is 0 Å². The average molecular weight is 208 g/mol. The van der Waals surface area contributed by atoms with Crippen molar-refractivity contribution in [2.45, 2.75) is 13.8 Å². The molecule has 0 radical (unpaired) electrons. The zero-order chi connectivity index (χ0) is 10.6. The monoisotopic (exact) mass is 208 g/mol. The molecule has 0 amide bonds. The van der Waals surface area contributed by atoms with Crippen molar-refractivity contribution in [1.29, 1.82) is 0 Å². The van der Waals surface area contributed by atoms with Crippen LogP contribution in [0.3, 0.4) is 0 Å². The van der Waals surface area contributed by atoms with E-state index in [1.54, 1.807) is 16.8 Å². The Morgan fingerprint density at radius 2 is 2.21 bits per heavy atom. The molecular weight excluding hydrogens is 192 g/mol. The van der Waals surface area contributed by atoms with Gasteiger partial charge in [0.05, 0.1) is 5.70 Å². The maximum Gasteiger partial charge on any atom is 0.0608 e. The van der Waals surface area contributed by atoms with Crippen LogP contribution in [-0.4, -0.2) is 11.3 Å². The van der Waals surface area contributed by atoms with Crippen LogP contribution in [0.4, 0.5) is 0 Å². The van der Waals surface area contributed by atoms with Gasteiger partial charge in [0.2, 0.25) is 0 Å². The van der Waals surface area contributed by atoms with Gasteiger partial charge >= 0.3 is 0 Å². The fourth-order valence-corrected chi connectivity index (χ4v) is 2.03. The molecule has 1 aliphatic rings. The van der Waals surface area contributed by atoms with Gasteiger partial charge in [0.1, 0.15) is 0 Å². The van der Waals surface area contributed by atoms with Crippen molar-refractivity contribution in [2.75, 3.05) is 6.26 Å². The lowest BCUT2D eigenvalue weighted by atomic mass is 10.1. The molecule has 0 saturated carbocycles. The Hall–Kier alpha value is -0.930. The second-order valence-corrected chi connectivity index (χ2v) is 3.82. The summed E-state index contributed by atoms with van der Waals surface area (Å²) in [5, 5.41) is 1.65. The Labute approximate surface area is 89.8 Å². The highest BCUT2D eigenvalue weighted by molar-refractivity contribution is 8.02. The van der Waals surface area contributed by atoms with Gasteiger partial charge < -0.3 is 0 Å². The molecule has 0 fully saturated rings. The van der Waals surface area contributed by atoms with E-state index in [0.717, 1.165) is 5.70 Å². The van der Waals surface area contributed by atoms with Crippen LogP contribution < -0.4 is 5.84 Å². The minimum atomic E-state index is 1.05. The largest absolute Gasteiger partial charge is 0.287 e. The van der Waals surface area contributed by atoms with E-state index < -0.39 is 0 Å². The quantitative estimate of drug-likeness (QED) is 0.708. The maximum atomic E-state index is 5.83. The van der Waals surface area contributed by atoms with Crippen molar-refractivity contribution in [2.24, 2.45) is 5.84 Å². The molecule has 14 heavy (non-hydrogen) atoms. The van der Waals surface area contributed by atoms with Gasteiger partial charge in [0, 0.05) is 11.1 Å². The SMILES string of the molecule is C/C=C(SC)\C(C)=C1\C=CC=CN1N. The zero-order valence-corrected chi connectivity index (χ0v) is 9.64. The molecule has 1 aliphatic heterocycles. The molecule has 0 unspecified atom stereocenters. The molecule has 0 aromatic heterocycles. The topological polar surface area (TPSA) is 29.3 Å². The van der Waals surface area contributed by atoms with E-state index in [9.17, 15) is 0 Å². The van der Waals surface area contributed by atoms with E-state index >= 15 is 0 Å². The van der Waals surface area contributed by atoms with Crippen LogP contribution in [0.15, 0.2) is 46.7 Å². The average Bonchev–Trinajstić information content (AvgIpc) is 2.20. The summed E-state index contributed by atoms with van der Waals surface area (Å²) in [6.45, 7) is 4.13.